The molecule has 28 heavy (non-hydrogen) atoms. The van der Waals surface area contributed by atoms with E-state index in [9.17, 15) is 14.4 Å². The molecule has 0 aromatic rings. The Morgan fingerprint density at radius 3 is 2.32 bits per heavy atom. The van der Waals surface area contributed by atoms with Crippen LogP contribution in [0.25, 0.3) is 0 Å². The van der Waals surface area contributed by atoms with Gasteiger partial charge >= 0.3 is 12.1 Å². The highest BCUT2D eigenvalue weighted by atomic mass is 16.6. The topological polar surface area (TPSA) is 76.2 Å². The molecule has 2 rings (SSSR count). The molecule has 2 fully saturated rings. The molecular formula is C21H34N2O5. The van der Waals surface area contributed by atoms with Crippen molar-refractivity contribution in [3.05, 3.63) is 12.2 Å². The monoisotopic (exact) mass is 394 g/mol. The van der Waals surface area contributed by atoms with Crippen molar-refractivity contribution in [3.8, 4) is 0 Å². The number of amides is 2. The number of carbonyl (C=O) groups is 3. The lowest BCUT2D eigenvalue weighted by Crippen LogP contribution is -2.42. The van der Waals surface area contributed by atoms with E-state index < -0.39 is 5.60 Å². The molecule has 0 saturated carbocycles. The first kappa shape index (κ1) is 22.2. The number of hydrogen-bond donors (Lipinski definition) is 0. The van der Waals surface area contributed by atoms with Crippen molar-refractivity contribution in [2.24, 2.45) is 11.8 Å². The molecular weight excluding hydrogens is 360 g/mol. The molecule has 7 heteroatoms. The maximum Gasteiger partial charge on any atom is 0.410 e. The van der Waals surface area contributed by atoms with E-state index in [1.807, 2.05) is 26.8 Å². The molecule has 2 aliphatic rings. The number of nitrogens with zero attached hydrogens (tertiary/aromatic N) is 2. The van der Waals surface area contributed by atoms with Crippen LogP contribution in [0.3, 0.4) is 0 Å². The zero-order chi connectivity index (χ0) is 20.7. The SMILES string of the molecule is CCOC(=O)[C@H]1CCCN(C(=O)/C=C/C2CCN(C(=O)OC(C)(C)C)CC2)C1. The van der Waals surface area contributed by atoms with E-state index in [-0.39, 0.29) is 29.8 Å². The lowest BCUT2D eigenvalue weighted by atomic mass is 9.96. The van der Waals surface area contributed by atoms with Gasteiger partial charge in [-0.25, -0.2) is 4.79 Å². The van der Waals surface area contributed by atoms with Gasteiger partial charge in [-0.05, 0) is 65.4 Å². The van der Waals surface area contributed by atoms with Crippen molar-refractivity contribution in [1.29, 1.82) is 0 Å². The number of rotatable bonds is 4. The quantitative estimate of drug-likeness (QED) is 0.541. The Morgan fingerprint density at radius 2 is 1.71 bits per heavy atom. The first-order valence-electron chi connectivity index (χ1n) is 10.3. The molecule has 2 aliphatic heterocycles. The van der Waals surface area contributed by atoms with Gasteiger partial charge in [-0.2, -0.15) is 0 Å². The van der Waals surface area contributed by atoms with Crippen LogP contribution in [0, 0.1) is 11.8 Å². The number of likely N-dealkylation sites (tertiary alicyclic amines) is 2. The smallest absolute Gasteiger partial charge is 0.410 e. The van der Waals surface area contributed by atoms with Gasteiger partial charge < -0.3 is 19.3 Å². The van der Waals surface area contributed by atoms with E-state index in [2.05, 4.69) is 0 Å². The summed E-state index contributed by atoms with van der Waals surface area (Å²) in [5.74, 6) is -0.210. The third kappa shape index (κ3) is 6.84. The summed E-state index contributed by atoms with van der Waals surface area (Å²) in [4.78, 5) is 40.0. The Labute approximate surface area is 168 Å². The predicted octanol–water partition coefficient (Wildman–Crippen LogP) is 2.99. The van der Waals surface area contributed by atoms with E-state index in [4.69, 9.17) is 9.47 Å². The van der Waals surface area contributed by atoms with Gasteiger partial charge in [0.25, 0.3) is 0 Å². The highest BCUT2D eigenvalue weighted by molar-refractivity contribution is 5.88. The summed E-state index contributed by atoms with van der Waals surface area (Å²) in [6.07, 6.45) is 6.52. The minimum absolute atomic E-state index is 0.0522. The summed E-state index contributed by atoms with van der Waals surface area (Å²) >= 11 is 0. The summed E-state index contributed by atoms with van der Waals surface area (Å²) in [7, 11) is 0. The first-order chi connectivity index (χ1) is 13.2. The Hall–Kier alpha value is -2.05. The van der Waals surface area contributed by atoms with Gasteiger partial charge in [-0.15, -0.1) is 0 Å². The lowest BCUT2D eigenvalue weighted by molar-refractivity contribution is -0.150. The molecule has 0 aromatic heterocycles. The Morgan fingerprint density at radius 1 is 1.04 bits per heavy atom. The number of allylic oxidation sites excluding steroid dienone is 1. The van der Waals surface area contributed by atoms with Gasteiger partial charge in [0.05, 0.1) is 12.5 Å². The highest BCUT2D eigenvalue weighted by Crippen LogP contribution is 2.22. The van der Waals surface area contributed by atoms with Crippen LogP contribution in [-0.2, 0) is 19.1 Å². The molecule has 2 heterocycles. The Kier molecular flexibility index (Phi) is 7.89. The van der Waals surface area contributed by atoms with Crippen molar-refractivity contribution < 1.29 is 23.9 Å². The summed E-state index contributed by atoms with van der Waals surface area (Å²) in [6.45, 7) is 10.1. The highest BCUT2D eigenvalue weighted by Gasteiger charge is 2.29. The third-order valence-corrected chi connectivity index (χ3v) is 5.06. The van der Waals surface area contributed by atoms with E-state index >= 15 is 0 Å². The summed E-state index contributed by atoms with van der Waals surface area (Å²) < 4.78 is 10.5. The van der Waals surface area contributed by atoms with Crippen LogP contribution in [0.5, 0.6) is 0 Å². The molecule has 0 N–H and O–H groups in total. The van der Waals surface area contributed by atoms with Crippen molar-refractivity contribution in [1.82, 2.24) is 9.80 Å². The van der Waals surface area contributed by atoms with Crippen LogP contribution in [0.1, 0.15) is 53.4 Å². The second-order valence-corrected chi connectivity index (χ2v) is 8.54. The Bertz CT molecular complexity index is 588. The van der Waals surface area contributed by atoms with Crippen LogP contribution < -0.4 is 0 Å². The normalized spacial score (nSPS) is 21.6. The van der Waals surface area contributed by atoms with Crippen molar-refractivity contribution in [2.75, 3.05) is 32.8 Å². The average molecular weight is 395 g/mol. The number of carbonyl (C=O) groups excluding carboxylic acids is 3. The van der Waals surface area contributed by atoms with E-state index in [1.165, 1.54) is 0 Å². The maximum atomic E-state index is 12.5. The second-order valence-electron chi connectivity index (χ2n) is 8.54. The van der Waals surface area contributed by atoms with Gasteiger partial charge in [0, 0.05) is 26.2 Å². The van der Waals surface area contributed by atoms with Gasteiger partial charge in [-0.3, -0.25) is 9.59 Å². The van der Waals surface area contributed by atoms with Crippen LogP contribution in [0.2, 0.25) is 0 Å². The fraction of sp³-hybridized carbons (Fsp3) is 0.762. The molecule has 0 radical (unpaired) electrons. The van der Waals surface area contributed by atoms with Crippen molar-refractivity contribution in [3.63, 3.8) is 0 Å². The number of esters is 1. The summed E-state index contributed by atoms with van der Waals surface area (Å²) in [6, 6.07) is 0. The summed E-state index contributed by atoms with van der Waals surface area (Å²) in [5.41, 5.74) is -0.490. The number of piperidine rings is 2. The van der Waals surface area contributed by atoms with Crippen LogP contribution in [-0.4, -0.2) is 66.2 Å². The summed E-state index contributed by atoms with van der Waals surface area (Å²) in [5, 5.41) is 0. The molecule has 7 nitrogen and oxygen atoms in total. The molecule has 2 saturated heterocycles. The van der Waals surface area contributed by atoms with Crippen LogP contribution >= 0.6 is 0 Å². The minimum atomic E-state index is -0.490. The zero-order valence-electron chi connectivity index (χ0n) is 17.6. The Balaban J connectivity index is 1.79. The largest absolute Gasteiger partial charge is 0.466 e. The minimum Gasteiger partial charge on any atom is -0.466 e. The van der Waals surface area contributed by atoms with Crippen molar-refractivity contribution in [2.45, 2.75) is 59.0 Å². The molecule has 0 unspecified atom stereocenters. The fourth-order valence-electron chi connectivity index (χ4n) is 3.55. The fourth-order valence-corrected chi connectivity index (χ4v) is 3.55. The van der Waals surface area contributed by atoms with Gasteiger partial charge in [0.1, 0.15) is 5.60 Å². The number of ether oxygens (including phenoxy) is 2. The van der Waals surface area contributed by atoms with E-state index in [1.54, 1.807) is 22.8 Å². The van der Waals surface area contributed by atoms with Gasteiger partial charge in [-0.1, -0.05) is 6.08 Å². The number of hydrogen-bond acceptors (Lipinski definition) is 5. The maximum absolute atomic E-state index is 12.5. The molecule has 0 aliphatic carbocycles. The van der Waals surface area contributed by atoms with Gasteiger partial charge in [0.15, 0.2) is 0 Å². The molecule has 2 amide bonds. The third-order valence-electron chi connectivity index (χ3n) is 5.06. The van der Waals surface area contributed by atoms with E-state index in [0.717, 1.165) is 25.7 Å². The zero-order valence-corrected chi connectivity index (χ0v) is 17.6. The molecule has 0 bridgehead atoms. The second kappa shape index (κ2) is 9.94. The molecule has 0 aromatic carbocycles. The predicted molar refractivity (Wildman–Crippen MR) is 106 cm³/mol. The van der Waals surface area contributed by atoms with Crippen LogP contribution in [0.4, 0.5) is 4.79 Å². The molecule has 158 valence electrons. The lowest BCUT2D eigenvalue weighted by Gasteiger charge is -2.33. The molecule has 0 spiro atoms. The average Bonchev–Trinajstić information content (AvgIpc) is 2.65. The van der Waals surface area contributed by atoms with Crippen LogP contribution in [0.15, 0.2) is 12.2 Å². The standard InChI is InChI=1S/C21H34N2O5/c1-5-27-19(25)17-7-6-12-23(15-17)18(24)9-8-16-10-13-22(14-11-16)20(26)28-21(2,3)4/h8-9,16-17H,5-7,10-15H2,1-4H3/b9-8+/t17-/m0/s1. The van der Waals surface area contributed by atoms with Crippen molar-refractivity contribution >= 4 is 18.0 Å². The first-order valence-corrected chi connectivity index (χ1v) is 10.3. The van der Waals surface area contributed by atoms with Gasteiger partial charge in [0.2, 0.25) is 5.91 Å². The van der Waals surface area contributed by atoms with E-state index in [0.29, 0.717) is 32.8 Å². The molecule has 1 atom stereocenters.